The van der Waals surface area contributed by atoms with Gasteiger partial charge in [0.1, 0.15) is 11.3 Å². The van der Waals surface area contributed by atoms with E-state index >= 15 is 0 Å². The molecule has 17 heteroatoms. The first-order chi connectivity index (χ1) is 14.7. The summed E-state index contributed by atoms with van der Waals surface area (Å²) in [6.45, 7) is 0.0507. The molecule has 0 bridgehead atoms. The molecule has 0 aromatic heterocycles. The summed E-state index contributed by atoms with van der Waals surface area (Å²) in [5.41, 5.74) is -2.54. The van der Waals surface area contributed by atoms with E-state index in [2.05, 4.69) is 20.8 Å². The Kier molecular flexibility index (Phi) is 8.22. The van der Waals surface area contributed by atoms with Crippen LogP contribution in [-0.2, 0) is 29.2 Å². The monoisotopic (exact) mass is 515 g/mol. The zero-order valence-electron chi connectivity index (χ0n) is 15.7. The van der Waals surface area contributed by atoms with Gasteiger partial charge in [0.25, 0.3) is 0 Å². The Labute approximate surface area is 179 Å². The summed E-state index contributed by atoms with van der Waals surface area (Å²) in [6.07, 6.45) is -14.2. The Hall–Kier alpha value is -2.79. The lowest BCUT2D eigenvalue weighted by atomic mass is 10.2. The van der Waals surface area contributed by atoms with Gasteiger partial charge in [0.15, 0.2) is 10.1 Å². The zero-order valence-corrected chi connectivity index (χ0v) is 16.5. The smallest absolute Gasteiger partial charge is 0.468 e. The fourth-order valence-electron chi connectivity index (χ4n) is 1.79. The molecule has 0 aliphatic rings. The van der Waals surface area contributed by atoms with Crippen LogP contribution in [0.3, 0.4) is 0 Å². The first-order valence-electron chi connectivity index (χ1n) is 8.05. The normalized spacial score (nSPS) is 14.8. The van der Waals surface area contributed by atoms with Crippen LogP contribution in [0.1, 0.15) is 6.42 Å². The number of hydrogen-bond acceptors (Lipinski definition) is 8. The molecule has 0 spiro atoms. The molecule has 0 amide bonds. The van der Waals surface area contributed by atoms with Gasteiger partial charge in [-0.15, -0.1) is 0 Å². The highest BCUT2D eigenvalue weighted by atomic mass is 32.2. The number of carbonyl (C=O) groups is 2. The number of hydrogen-bond donors (Lipinski definition) is 0. The lowest BCUT2D eigenvalue weighted by Crippen LogP contribution is -2.59. The zero-order chi connectivity index (χ0) is 25.9. The van der Waals surface area contributed by atoms with Crippen LogP contribution in [-0.4, -0.2) is 54.9 Å². The van der Waals surface area contributed by atoms with Gasteiger partial charge in [0, 0.05) is 6.42 Å². The summed E-state index contributed by atoms with van der Waals surface area (Å²) >= 11 is 0. The van der Waals surface area contributed by atoms with Crippen LogP contribution in [0.4, 0.5) is 35.1 Å². The molecule has 186 valence electrons. The van der Waals surface area contributed by atoms with Crippen LogP contribution in [0.5, 0.6) is 5.75 Å². The first kappa shape index (κ1) is 28.2. The van der Waals surface area contributed by atoms with Crippen LogP contribution >= 0.6 is 0 Å². The number of ether oxygens (including phenoxy) is 3. The average Bonchev–Trinajstić information content (AvgIpc) is 2.64. The third kappa shape index (κ3) is 6.84. The molecule has 0 heterocycles. The Morgan fingerprint density at radius 2 is 1.48 bits per heavy atom. The minimum Gasteiger partial charge on any atom is -0.743 e. The Morgan fingerprint density at radius 1 is 0.970 bits per heavy atom. The Bertz CT molecular complexity index is 988. The van der Waals surface area contributed by atoms with Crippen LogP contribution in [0, 0.1) is 0 Å². The number of carbonyl (C=O) groups excluding carboxylic acids is 2. The van der Waals surface area contributed by atoms with Crippen LogP contribution < -0.4 is 4.74 Å². The molecule has 1 rings (SSSR count). The predicted octanol–water partition coefficient (Wildman–Crippen LogP) is 3.06. The molecule has 0 fully saturated rings. The molecule has 1 aromatic rings. The first-order valence-corrected chi connectivity index (χ1v) is 9.46. The minimum absolute atomic E-state index is 0.669. The molecule has 0 radical (unpaired) electrons. The quantitative estimate of drug-likeness (QED) is 0.123. The van der Waals surface area contributed by atoms with Crippen molar-refractivity contribution in [2.24, 2.45) is 0 Å². The summed E-state index contributed by atoms with van der Waals surface area (Å²) in [7, 11) is -6.41. The number of benzene rings is 1. The molecular weight excluding hydrogens is 504 g/mol. The number of para-hydroxylation sites is 1. The average molecular weight is 515 g/mol. The largest absolute Gasteiger partial charge is 0.743 e. The molecule has 0 saturated heterocycles. The summed E-state index contributed by atoms with van der Waals surface area (Å²) < 4.78 is 149. The van der Waals surface area contributed by atoms with Crippen LogP contribution in [0.25, 0.3) is 0 Å². The maximum atomic E-state index is 13.7. The maximum absolute atomic E-state index is 13.7. The fraction of sp³-hybridized carbons (Fsp3) is 0.375. The van der Waals surface area contributed by atoms with Crippen molar-refractivity contribution in [3.63, 3.8) is 0 Å². The highest BCUT2D eigenvalue weighted by Crippen LogP contribution is 2.39. The van der Waals surface area contributed by atoms with Crippen molar-refractivity contribution in [2.75, 3.05) is 6.61 Å². The highest BCUT2D eigenvalue weighted by molar-refractivity contribution is 7.86. The summed E-state index contributed by atoms with van der Waals surface area (Å²) in [5, 5.41) is -5.22. The Morgan fingerprint density at radius 3 is 1.91 bits per heavy atom. The number of alkyl halides is 8. The fourth-order valence-corrected chi connectivity index (χ4v) is 2.13. The van der Waals surface area contributed by atoms with Crippen molar-refractivity contribution in [1.29, 1.82) is 0 Å². The molecule has 33 heavy (non-hydrogen) atoms. The highest BCUT2D eigenvalue weighted by Gasteiger charge is 2.68. The van der Waals surface area contributed by atoms with E-state index < -0.39 is 69.8 Å². The third-order valence-electron chi connectivity index (χ3n) is 3.48. The molecule has 8 nitrogen and oxygen atoms in total. The molecule has 1 unspecified atom stereocenters. The van der Waals surface area contributed by atoms with Gasteiger partial charge in [0.2, 0.25) is 0 Å². The van der Waals surface area contributed by atoms with Gasteiger partial charge in [-0.2, -0.15) is 35.1 Å². The topological polar surface area (TPSA) is 119 Å². The maximum Gasteiger partial charge on any atom is 0.468 e. The second kappa shape index (κ2) is 9.60. The van der Waals surface area contributed by atoms with Crippen LogP contribution in [0.15, 0.2) is 42.5 Å². The van der Waals surface area contributed by atoms with Crippen molar-refractivity contribution in [2.45, 2.75) is 29.8 Å². The second-order valence-electron chi connectivity index (χ2n) is 5.87. The number of rotatable bonds is 9. The van der Waals surface area contributed by atoms with E-state index in [-0.39, 0.29) is 0 Å². The van der Waals surface area contributed by atoms with Gasteiger partial charge in [-0.05, 0) is 12.1 Å². The van der Waals surface area contributed by atoms with Crippen molar-refractivity contribution in [1.82, 2.24) is 0 Å². The third-order valence-corrected chi connectivity index (χ3v) is 4.42. The SMILES string of the molecule is C=C(C(=O)OC(OCCC(F)(F)S(=O)(=O)[O-])(C(=O)Oc1ccccc1)C(F)(F)F)C(F)(F)F. The van der Waals surface area contributed by atoms with E-state index in [1.807, 2.05) is 0 Å². The van der Waals surface area contributed by atoms with E-state index in [0.29, 0.717) is 0 Å². The summed E-state index contributed by atoms with van der Waals surface area (Å²) in [4.78, 5) is 23.8. The Balaban J connectivity index is 3.41. The van der Waals surface area contributed by atoms with Gasteiger partial charge >= 0.3 is 35.3 Å². The minimum atomic E-state index is -6.41. The molecular formula is C16H11F8O8S-. The van der Waals surface area contributed by atoms with Crippen molar-refractivity contribution >= 4 is 22.1 Å². The molecule has 0 aliphatic heterocycles. The lowest BCUT2D eigenvalue weighted by Gasteiger charge is -2.33. The van der Waals surface area contributed by atoms with E-state index in [9.17, 15) is 57.7 Å². The van der Waals surface area contributed by atoms with Gasteiger partial charge in [0.05, 0.1) is 6.61 Å². The molecule has 0 saturated carbocycles. The van der Waals surface area contributed by atoms with Crippen molar-refractivity contribution in [3.05, 3.63) is 42.5 Å². The van der Waals surface area contributed by atoms with Gasteiger partial charge < -0.3 is 18.8 Å². The molecule has 0 aliphatic carbocycles. The lowest BCUT2D eigenvalue weighted by molar-refractivity contribution is -0.353. The summed E-state index contributed by atoms with van der Waals surface area (Å²) in [5.74, 6) is -11.4. The summed E-state index contributed by atoms with van der Waals surface area (Å²) in [6, 6.07) is 5.34. The van der Waals surface area contributed by atoms with E-state index in [4.69, 9.17) is 0 Å². The van der Waals surface area contributed by atoms with E-state index in [1.165, 1.54) is 6.07 Å². The second-order valence-corrected chi connectivity index (χ2v) is 7.38. The van der Waals surface area contributed by atoms with Gasteiger partial charge in [-0.3, -0.25) is 0 Å². The van der Waals surface area contributed by atoms with Crippen molar-refractivity contribution in [3.8, 4) is 5.75 Å². The standard InChI is InChI=1S/C16H12F8O8S/c1-9(15(19,20)21)11(25)32-14(16(22,23)24,12(26)31-10-5-3-2-4-6-10)30-8-7-13(17,18)33(27,28)29/h2-6H,1,7-8H2,(H,27,28,29)/p-1. The molecule has 1 atom stereocenters. The van der Waals surface area contributed by atoms with Crippen molar-refractivity contribution < 1.29 is 71.9 Å². The van der Waals surface area contributed by atoms with E-state index in [0.717, 1.165) is 24.3 Å². The molecule has 0 N–H and O–H groups in total. The van der Waals surface area contributed by atoms with Crippen LogP contribution in [0.2, 0.25) is 0 Å². The van der Waals surface area contributed by atoms with Gasteiger partial charge in [-0.25, -0.2) is 18.0 Å². The molecule has 1 aromatic carbocycles. The number of esters is 2. The predicted molar refractivity (Wildman–Crippen MR) is 87.4 cm³/mol. The number of halogens is 8. The van der Waals surface area contributed by atoms with E-state index in [1.54, 1.807) is 0 Å². The van der Waals surface area contributed by atoms with Gasteiger partial charge in [-0.1, -0.05) is 24.8 Å².